The van der Waals surface area contributed by atoms with Gasteiger partial charge in [-0.15, -0.1) is 0 Å². The number of fused-ring (bicyclic) bond motifs is 2. The lowest BCUT2D eigenvalue weighted by Gasteiger charge is -2.35. The number of hydrogen-bond acceptors (Lipinski definition) is 5. The normalized spacial score (nSPS) is 22.2. The molecule has 0 amide bonds. The van der Waals surface area contributed by atoms with Gasteiger partial charge in [0.15, 0.2) is 5.78 Å². The molecule has 0 spiro atoms. The molecule has 26 heavy (non-hydrogen) atoms. The largest absolute Gasteiger partial charge is 0.465 e. The van der Waals surface area contributed by atoms with Crippen molar-refractivity contribution in [3.05, 3.63) is 59.7 Å². The van der Waals surface area contributed by atoms with Crippen LogP contribution in [0.4, 0.5) is 0 Å². The highest BCUT2D eigenvalue weighted by Gasteiger charge is 2.50. The standard InChI is InChI=1S/C20H19N3O3/c1-3-26-19(25)20(2)12-17(13-8-4-5-9-14(13)18(20)24)23-21-15-10-6-7-11-16(15)22-23/h4-11,17H,3,12H2,1-2H3/t17-,20-/m0/s1. The maximum Gasteiger partial charge on any atom is 0.319 e. The Labute approximate surface area is 150 Å². The molecule has 6 nitrogen and oxygen atoms in total. The molecule has 0 unspecified atom stereocenters. The van der Waals surface area contributed by atoms with Gasteiger partial charge in [0.25, 0.3) is 0 Å². The average Bonchev–Trinajstić information content (AvgIpc) is 3.09. The predicted molar refractivity (Wildman–Crippen MR) is 95.8 cm³/mol. The minimum atomic E-state index is -1.26. The predicted octanol–water partition coefficient (Wildman–Crippen LogP) is 3.18. The van der Waals surface area contributed by atoms with Crippen molar-refractivity contribution in [2.45, 2.75) is 26.3 Å². The molecule has 0 saturated carbocycles. The van der Waals surface area contributed by atoms with Crippen molar-refractivity contribution in [3.63, 3.8) is 0 Å². The van der Waals surface area contributed by atoms with Gasteiger partial charge >= 0.3 is 5.97 Å². The lowest BCUT2D eigenvalue weighted by Crippen LogP contribution is -2.44. The van der Waals surface area contributed by atoms with E-state index in [2.05, 4.69) is 10.2 Å². The summed E-state index contributed by atoms with van der Waals surface area (Å²) in [5.74, 6) is -0.708. The Balaban J connectivity index is 1.86. The van der Waals surface area contributed by atoms with Crippen LogP contribution in [0.3, 0.4) is 0 Å². The van der Waals surface area contributed by atoms with E-state index in [4.69, 9.17) is 4.74 Å². The van der Waals surface area contributed by atoms with Crippen LogP contribution < -0.4 is 0 Å². The minimum Gasteiger partial charge on any atom is -0.465 e. The van der Waals surface area contributed by atoms with Crippen molar-refractivity contribution in [3.8, 4) is 0 Å². The summed E-state index contributed by atoms with van der Waals surface area (Å²) in [5, 5.41) is 9.15. The van der Waals surface area contributed by atoms with Crippen molar-refractivity contribution in [2.75, 3.05) is 6.61 Å². The first kappa shape index (κ1) is 16.4. The molecule has 0 radical (unpaired) electrons. The highest BCUT2D eigenvalue weighted by Crippen LogP contribution is 2.43. The molecule has 4 rings (SSSR count). The third kappa shape index (κ3) is 2.41. The van der Waals surface area contributed by atoms with Gasteiger partial charge < -0.3 is 4.74 Å². The number of carbonyl (C=O) groups excluding carboxylic acids is 2. The van der Waals surface area contributed by atoms with E-state index in [-0.39, 0.29) is 24.9 Å². The first-order chi connectivity index (χ1) is 12.5. The summed E-state index contributed by atoms with van der Waals surface area (Å²) >= 11 is 0. The maximum atomic E-state index is 13.1. The smallest absolute Gasteiger partial charge is 0.319 e. The fourth-order valence-electron chi connectivity index (χ4n) is 3.57. The molecular weight excluding hydrogens is 330 g/mol. The fourth-order valence-corrected chi connectivity index (χ4v) is 3.57. The highest BCUT2D eigenvalue weighted by molar-refractivity contribution is 6.14. The van der Waals surface area contributed by atoms with Gasteiger partial charge in [-0.25, -0.2) is 0 Å². The molecule has 3 aromatic rings. The summed E-state index contributed by atoms with van der Waals surface area (Å²) < 4.78 is 5.20. The number of ketones is 1. The highest BCUT2D eigenvalue weighted by atomic mass is 16.5. The molecule has 1 aromatic heterocycles. The number of carbonyl (C=O) groups is 2. The number of rotatable bonds is 3. The molecule has 0 bridgehead atoms. The summed E-state index contributed by atoms with van der Waals surface area (Å²) in [6.45, 7) is 3.62. The van der Waals surface area contributed by atoms with Gasteiger partial charge in [0.2, 0.25) is 0 Å². The second-order valence-corrected chi connectivity index (χ2v) is 6.70. The molecule has 132 valence electrons. The summed E-state index contributed by atoms with van der Waals surface area (Å²) in [6, 6.07) is 14.6. The lowest BCUT2D eigenvalue weighted by atomic mass is 9.69. The van der Waals surface area contributed by atoms with Crippen LogP contribution in [-0.2, 0) is 9.53 Å². The van der Waals surface area contributed by atoms with E-state index in [0.29, 0.717) is 5.56 Å². The van der Waals surface area contributed by atoms with Crippen molar-refractivity contribution < 1.29 is 14.3 Å². The zero-order valence-corrected chi connectivity index (χ0v) is 14.7. The first-order valence-electron chi connectivity index (χ1n) is 8.67. The summed E-state index contributed by atoms with van der Waals surface area (Å²) in [7, 11) is 0. The molecule has 2 atom stereocenters. The van der Waals surface area contributed by atoms with Gasteiger partial charge in [-0.05, 0) is 38.0 Å². The van der Waals surface area contributed by atoms with Crippen LogP contribution in [0.2, 0.25) is 0 Å². The molecule has 0 N–H and O–H groups in total. The number of ether oxygens (including phenoxy) is 1. The molecule has 0 aliphatic heterocycles. The van der Waals surface area contributed by atoms with E-state index >= 15 is 0 Å². The zero-order chi connectivity index (χ0) is 18.3. The van der Waals surface area contributed by atoms with Crippen molar-refractivity contribution in [2.24, 2.45) is 5.41 Å². The van der Waals surface area contributed by atoms with Crippen molar-refractivity contribution >= 4 is 22.8 Å². The molecule has 0 fully saturated rings. The number of hydrogen-bond donors (Lipinski definition) is 0. The van der Waals surface area contributed by atoms with Crippen LogP contribution in [0, 0.1) is 5.41 Å². The van der Waals surface area contributed by atoms with Gasteiger partial charge in [0.05, 0.1) is 12.6 Å². The minimum absolute atomic E-state index is 0.209. The summed E-state index contributed by atoms with van der Waals surface area (Å²) in [5.41, 5.74) is 1.66. The number of Topliss-reactive ketones (excluding diaryl/α,β-unsaturated/α-hetero) is 1. The number of benzene rings is 2. The maximum absolute atomic E-state index is 13.1. The van der Waals surface area contributed by atoms with E-state index < -0.39 is 11.4 Å². The molecule has 1 aliphatic rings. The van der Waals surface area contributed by atoms with E-state index in [0.717, 1.165) is 16.6 Å². The fraction of sp³-hybridized carbons (Fsp3) is 0.300. The van der Waals surface area contributed by atoms with Gasteiger partial charge in [-0.1, -0.05) is 36.4 Å². The lowest BCUT2D eigenvalue weighted by molar-refractivity contribution is -0.152. The van der Waals surface area contributed by atoms with Gasteiger partial charge in [0, 0.05) is 5.56 Å². The Kier molecular flexibility index (Phi) is 3.83. The van der Waals surface area contributed by atoms with Gasteiger partial charge in [0.1, 0.15) is 16.4 Å². The first-order valence-corrected chi connectivity index (χ1v) is 8.67. The van der Waals surface area contributed by atoms with Crippen molar-refractivity contribution in [1.82, 2.24) is 15.0 Å². The molecule has 6 heteroatoms. The van der Waals surface area contributed by atoms with E-state index in [1.807, 2.05) is 36.4 Å². The average molecular weight is 349 g/mol. The molecule has 2 aromatic carbocycles. The summed E-state index contributed by atoms with van der Waals surface area (Å²) in [4.78, 5) is 27.3. The second kappa shape index (κ2) is 6.05. The Hall–Kier alpha value is -3.02. The molecule has 0 saturated heterocycles. The number of nitrogens with zero attached hydrogens (tertiary/aromatic N) is 3. The van der Waals surface area contributed by atoms with Gasteiger partial charge in [-0.3, -0.25) is 9.59 Å². The Bertz CT molecular complexity index is 977. The van der Waals surface area contributed by atoms with E-state index in [9.17, 15) is 9.59 Å². The third-order valence-electron chi connectivity index (χ3n) is 4.97. The second-order valence-electron chi connectivity index (χ2n) is 6.70. The van der Waals surface area contributed by atoms with Crippen LogP contribution >= 0.6 is 0 Å². The van der Waals surface area contributed by atoms with Crippen LogP contribution in [0.25, 0.3) is 11.0 Å². The van der Waals surface area contributed by atoms with E-state index in [1.54, 1.807) is 30.8 Å². The topological polar surface area (TPSA) is 74.1 Å². The molecule has 1 heterocycles. The number of aromatic nitrogens is 3. The monoisotopic (exact) mass is 349 g/mol. The van der Waals surface area contributed by atoms with Crippen LogP contribution in [-0.4, -0.2) is 33.4 Å². The molecular formula is C20H19N3O3. The van der Waals surface area contributed by atoms with Crippen LogP contribution in [0.1, 0.15) is 42.2 Å². The molecule has 1 aliphatic carbocycles. The van der Waals surface area contributed by atoms with Crippen LogP contribution in [0.15, 0.2) is 48.5 Å². The third-order valence-corrected chi connectivity index (χ3v) is 4.97. The Morgan fingerprint density at radius 3 is 2.42 bits per heavy atom. The number of esters is 1. The van der Waals surface area contributed by atoms with Crippen molar-refractivity contribution in [1.29, 1.82) is 0 Å². The SMILES string of the molecule is CCOC(=O)[C@@]1(C)C[C@H](n2nc3ccccc3n2)c2ccccc2C1=O. The van der Waals surface area contributed by atoms with Crippen LogP contribution in [0.5, 0.6) is 0 Å². The quantitative estimate of drug-likeness (QED) is 0.536. The Morgan fingerprint density at radius 1 is 1.15 bits per heavy atom. The zero-order valence-electron chi connectivity index (χ0n) is 14.7. The van der Waals surface area contributed by atoms with E-state index in [1.165, 1.54) is 0 Å². The Morgan fingerprint density at radius 2 is 1.77 bits per heavy atom. The summed E-state index contributed by atoms with van der Waals surface area (Å²) in [6.07, 6.45) is 0.267. The van der Waals surface area contributed by atoms with Gasteiger partial charge in [-0.2, -0.15) is 15.0 Å².